The molecule has 0 aromatic heterocycles. The third-order valence-electron chi connectivity index (χ3n) is 3.58. The van der Waals surface area contributed by atoms with Gasteiger partial charge in [0.1, 0.15) is 0 Å². The Hall–Kier alpha value is -1.36. The molecule has 130 valence electrons. The Bertz CT molecular complexity index is 323. The molecule has 0 aromatic rings. The van der Waals surface area contributed by atoms with E-state index < -0.39 is 11.9 Å². The van der Waals surface area contributed by atoms with Crippen molar-refractivity contribution in [1.82, 2.24) is 0 Å². The highest BCUT2D eigenvalue weighted by atomic mass is 16.4. The Morgan fingerprint density at radius 3 is 1.77 bits per heavy atom. The van der Waals surface area contributed by atoms with Crippen molar-refractivity contribution in [3.63, 3.8) is 0 Å². The van der Waals surface area contributed by atoms with Crippen molar-refractivity contribution in [1.29, 1.82) is 0 Å². The maximum absolute atomic E-state index is 10.9. The van der Waals surface area contributed by atoms with Gasteiger partial charge in [-0.3, -0.25) is 4.79 Å². The van der Waals surface area contributed by atoms with Crippen LogP contribution in [0.2, 0.25) is 0 Å². The van der Waals surface area contributed by atoms with Crippen LogP contribution in [0, 0.1) is 0 Å². The van der Waals surface area contributed by atoms with E-state index in [2.05, 4.69) is 6.92 Å². The molecule has 0 fully saturated rings. The number of aliphatic carboxylic acids is 2. The minimum absolute atomic E-state index is 0. The highest BCUT2D eigenvalue weighted by Gasteiger charge is 2.08. The first-order chi connectivity index (χ1) is 10.1. The topological polar surface area (TPSA) is 106 Å². The van der Waals surface area contributed by atoms with Gasteiger partial charge >= 0.3 is 11.9 Å². The minimum atomic E-state index is -0.993. The number of allylic oxidation sites excluding steroid dienone is 1. The van der Waals surface area contributed by atoms with Crippen LogP contribution in [0.5, 0.6) is 0 Å². The molecule has 5 heteroatoms. The number of hydrogen-bond acceptors (Lipinski definition) is 2. The van der Waals surface area contributed by atoms with Crippen LogP contribution in [0.3, 0.4) is 0 Å². The molecule has 0 unspecified atom stereocenters. The average molecular weight is 316 g/mol. The summed E-state index contributed by atoms with van der Waals surface area (Å²) in [5.41, 5.74) is 0.233. The molecule has 0 atom stereocenters. The molecule has 0 aromatic carbocycles. The lowest BCUT2D eigenvalue weighted by molar-refractivity contribution is -0.137. The molecule has 0 aliphatic heterocycles. The van der Waals surface area contributed by atoms with Crippen LogP contribution in [0.25, 0.3) is 0 Å². The second-order valence-corrected chi connectivity index (χ2v) is 5.55. The van der Waals surface area contributed by atoms with Gasteiger partial charge in [0.25, 0.3) is 0 Å². The van der Waals surface area contributed by atoms with Gasteiger partial charge in [-0.15, -0.1) is 0 Å². The number of rotatable bonds is 14. The van der Waals surface area contributed by atoms with E-state index in [0.717, 1.165) is 19.3 Å². The lowest BCUT2D eigenvalue weighted by Gasteiger charge is -2.02. The molecule has 0 bridgehead atoms. The third kappa shape index (κ3) is 15.0. The van der Waals surface area contributed by atoms with Gasteiger partial charge in [0, 0.05) is 12.0 Å². The smallest absolute Gasteiger partial charge is 0.331 e. The van der Waals surface area contributed by atoms with Crippen LogP contribution in [-0.4, -0.2) is 27.6 Å². The lowest BCUT2D eigenvalue weighted by atomic mass is 10.0. The molecule has 5 nitrogen and oxygen atoms in total. The van der Waals surface area contributed by atoms with Gasteiger partial charge in [0.2, 0.25) is 0 Å². The van der Waals surface area contributed by atoms with E-state index in [9.17, 15) is 9.59 Å². The molecule has 0 aliphatic rings. The van der Waals surface area contributed by atoms with E-state index in [1.807, 2.05) is 0 Å². The van der Waals surface area contributed by atoms with Crippen LogP contribution in [0.4, 0.5) is 0 Å². The molecule has 0 saturated heterocycles. The molecule has 4 N–H and O–H groups in total. The van der Waals surface area contributed by atoms with Crippen molar-refractivity contribution in [3.8, 4) is 0 Å². The second kappa shape index (κ2) is 16.0. The SMILES string of the molecule is CCCCCCCCCCCC=C(CCC(=O)O)C(=O)O.O. The summed E-state index contributed by atoms with van der Waals surface area (Å²) in [6.07, 6.45) is 13.6. The van der Waals surface area contributed by atoms with Crippen LogP contribution < -0.4 is 0 Å². The fourth-order valence-corrected chi connectivity index (χ4v) is 2.27. The van der Waals surface area contributed by atoms with E-state index >= 15 is 0 Å². The Balaban J connectivity index is 0. The highest BCUT2D eigenvalue weighted by Crippen LogP contribution is 2.13. The molecule has 0 radical (unpaired) electrons. The van der Waals surface area contributed by atoms with Crippen LogP contribution in [0.1, 0.15) is 84.0 Å². The highest BCUT2D eigenvalue weighted by molar-refractivity contribution is 5.87. The first kappa shape index (κ1) is 22.9. The fraction of sp³-hybridized carbons (Fsp3) is 0.765. The van der Waals surface area contributed by atoms with Crippen molar-refractivity contribution in [3.05, 3.63) is 11.6 Å². The summed E-state index contributed by atoms with van der Waals surface area (Å²) >= 11 is 0. The van der Waals surface area contributed by atoms with Gasteiger partial charge < -0.3 is 15.7 Å². The molecule has 0 aliphatic carbocycles. The predicted molar refractivity (Wildman–Crippen MR) is 88.0 cm³/mol. The molecular weight excluding hydrogens is 284 g/mol. The van der Waals surface area contributed by atoms with Gasteiger partial charge in [-0.2, -0.15) is 0 Å². The first-order valence-corrected chi connectivity index (χ1v) is 8.22. The van der Waals surface area contributed by atoms with Gasteiger partial charge in [-0.05, 0) is 19.3 Å². The van der Waals surface area contributed by atoms with Crippen LogP contribution in [-0.2, 0) is 9.59 Å². The predicted octanol–water partition coefficient (Wildman–Crippen LogP) is 3.96. The van der Waals surface area contributed by atoms with Crippen molar-refractivity contribution in [2.75, 3.05) is 0 Å². The molecule has 22 heavy (non-hydrogen) atoms. The summed E-state index contributed by atoms with van der Waals surface area (Å²) < 4.78 is 0. The Labute approximate surface area is 133 Å². The number of hydrogen-bond donors (Lipinski definition) is 2. The summed E-state index contributed by atoms with van der Waals surface area (Å²) in [5.74, 6) is -1.95. The maximum atomic E-state index is 10.9. The monoisotopic (exact) mass is 316 g/mol. The van der Waals surface area contributed by atoms with Crippen LogP contribution in [0.15, 0.2) is 11.6 Å². The Morgan fingerprint density at radius 2 is 1.32 bits per heavy atom. The minimum Gasteiger partial charge on any atom is -0.481 e. The van der Waals surface area contributed by atoms with Crippen molar-refractivity contribution >= 4 is 11.9 Å². The van der Waals surface area contributed by atoms with Crippen molar-refractivity contribution in [2.24, 2.45) is 0 Å². The summed E-state index contributed by atoms with van der Waals surface area (Å²) in [4.78, 5) is 21.4. The van der Waals surface area contributed by atoms with Crippen LogP contribution >= 0.6 is 0 Å². The zero-order valence-corrected chi connectivity index (χ0v) is 13.8. The number of carboxylic acid groups (broad SMARTS) is 2. The molecule has 0 spiro atoms. The summed E-state index contributed by atoms with van der Waals surface area (Å²) in [6, 6.07) is 0. The molecule has 0 rings (SSSR count). The number of carbonyl (C=O) groups is 2. The number of carboxylic acids is 2. The van der Waals surface area contributed by atoms with Gasteiger partial charge in [-0.25, -0.2) is 4.79 Å². The summed E-state index contributed by atoms with van der Waals surface area (Å²) in [7, 11) is 0. The van der Waals surface area contributed by atoms with Gasteiger partial charge in [-0.1, -0.05) is 64.4 Å². The first-order valence-electron chi connectivity index (χ1n) is 8.22. The Morgan fingerprint density at radius 1 is 0.818 bits per heavy atom. The largest absolute Gasteiger partial charge is 0.481 e. The maximum Gasteiger partial charge on any atom is 0.331 e. The molecular formula is C17H32O5. The third-order valence-corrected chi connectivity index (χ3v) is 3.58. The molecule has 0 amide bonds. The normalized spacial score (nSPS) is 11.0. The van der Waals surface area contributed by atoms with Gasteiger partial charge in [0.15, 0.2) is 0 Å². The second-order valence-electron chi connectivity index (χ2n) is 5.55. The van der Waals surface area contributed by atoms with E-state index in [1.54, 1.807) is 6.08 Å². The van der Waals surface area contributed by atoms with Crippen molar-refractivity contribution < 1.29 is 25.3 Å². The van der Waals surface area contributed by atoms with Gasteiger partial charge in [0.05, 0.1) is 0 Å². The Kier molecular flexibility index (Phi) is 16.7. The van der Waals surface area contributed by atoms with Crippen molar-refractivity contribution in [2.45, 2.75) is 84.0 Å². The standard InChI is InChI=1S/C17H30O4.H2O/c1-2-3-4-5-6-7-8-9-10-11-12-15(17(20)21)13-14-16(18)19;/h12H,2-11,13-14H2,1H3,(H,18,19)(H,20,21);1H2. The molecule has 0 saturated carbocycles. The summed E-state index contributed by atoms with van der Waals surface area (Å²) in [5, 5.41) is 17.5. The zero-order valence-electron chi connectivity index (χ0n) is 13.8. The lowest BCUT2D eigenvalue weighted by Crippen LogP contribution is -2.04. The fourth-order valence-electron chi connectivity index (χ4n) is 2.27. The van der Waals surface area contributed by atoms with E-state index in [4.69, 9.17) is 10.2 Å². The van der Waals surface area contributed by atoms with E-state index in [1.165, 1.54) is 44.9 Å². The zero-order chi connectivity index (χ0) is 15.9. The molecule has 0 heterocycles. The van der Waals surface area contributed by atoms with E-state index in [0.29, 0.717) is 0 Å². The summed E-state index contributed by atoms with van der Waals surface area (Å²) in [6.45, 7) is 2.22. The number of unbranched alkanes of at least 4 members (excludes halogenated alkanes) is 9. The van der Waals surface area contributed by atoms with E-state index in [-0.39, 0.29) is 23.9 Å². The quantitative estimate of drug-likeness (QED) is 0.373. The average Bonchev–Trinajstić information content (AvgIpc) is 2.43.